The number of unbranched alkanes of at least 4 members (excludes halogenated alkanes) is 2. The van der Waals surface area contributed by atoms with Crippen LogP contribution in [0.4, 0.5) is 8.78 Å². The average molecular weight is 473 g/mol. The first kappa shape index (κ1) is 25.9. The zero-order chi connectivity index (χ0) is 23.9. The van der Waals surface area contributed by atoms with E-state index in [0.29, 0.717) is 23.7 Å². The summed E-state index contributed by atoms with van der Waals surface area (Å²) in [6, 6.07) is 3.74. The van der Waals surface area contributed by atoms with Gasteiger partial charge in [0.05, 0.1) is 12.7 Å². The minimum atomic E-state index is -0.619. The Bertz CT molecular complexity index is 800. The molecule has 0 radical (unpaired) electrons. The van der Waals surface area contributed by atoms with E-state index in [1.54, 1.807) is 5.57 Å². The van der Waals surface area contributed by atoms with E-state index in [1.165, 1.54) is 44.9 Å². The third-order valence-corrected chi connectivity index (χ3v) is 9.02. The summed E-state index contributed by atoms with van der Waals surface area (Å²) in [7, 11) is 0. The second-order valence-corrected chi connectivity index (χ2v) is 11.4. The molecule has 0 N–H and O–H groups in total. The summed E-state index contributed by atoms with van der Waals surface area (Å²) in [6.07, 6.45) is 20.3. The Morgan fingerprint density at radius 3 is 2.03 bits per heavy atom. The molecule has 1 aliphatic heterocycles. The predicted molar refractivity (Wildman–Crippen MR) is 137 cm³/mol. The van der Waals surface area contributed by atoms with Gasteiger partial charge in [0.2, 0.25) is 0 Å². The Hall–Kier alpha value is -1.22. The molecule has 1 aromatic rings. The Morgan fingerprint density at radius 2 is 1.44 bits per heavy atom. The van der Waals surface area contributed by atoms with Crippen LogP contribution in [-0.2, 0) is 4.74 Å². The van der Waals surface area contributed by atoms with Crippen LogP contribution < -0.4 is 0 Å². The second kappa shape index (κ2) is 12.7. The number of benzene rings is 1. The highest BCUT2D eigenvalue weighted by Gasteiger charge is 2.31. The molecule has 3 unspecified atom stereocenters. The molecule has 1 aromatic carbocycles. The number of allylic oxidation sites excluding steroid dienone is 2. The second-order valence-electron chi connectivity index (χ2n) is 11.4. The van der Waals surface area contributed by atoms with Crippen LogP contribution in [0.3, 0.4) is 0 Å². The molecule has 0 spiro atoms. The van der Waals surface area contributed by atoms with Crippen LogP contribution >= 0.6 is 0 Å². The quantitative estimate of drug-likeness (QED) is 0.257. The largest absolute Gasteiger partial charge is 0.378 e. The van der Waals surface area contributed by atoms with Gasteiger partial charge in [-0.15, -0.1) is 0 Å². The SMILES string of the molecule is CCCCCC1CC=C(C2CCC(c3ccc(C4CCC(CCC)OC4)c(F)c3F)CC2)CC1. The lowest BCUT2D eigenvalue weighted by atomic mass is 9.72. The van der Waals surface area contributed by atoms with Crippen LogP contribution in [0.25, 0.3) is 0 Å². The van der Waals surface area contributed by atoms with Crippen molar-refractivity contribution >= 4 is 0 Å². The predicted octanol–water partition coefficient (Wildman–Crippen LogP) is 9.61. The van der Waals surface area contributed by atoms with Crippen molar-refractivity contribution in [1.82, 2.24) is 0 Å². The third kappa shape index (κ3) is 6.31. The Labute approximate surface area is 206 Å². The minimum absolute atomic E-state index is 0.0172. The number of rotatable bonds is 9. The van der Waals surface area contributed by atoms with Crippen molar-refractivity contribution < 1.29 is 13.5 Å². The van der Waals surface area contributed by atoms with Crippen LogP contribution in [0.15, 0.2) is 23.8 Å². The fourth-order valence-corrected chi connectivity index (χ4v) is 6.81. The molecule has 1 saturated heterocycles. The highest BCUT2D eigenvalue weighted by molar-refractivity contribution is 5.32. The lowest BCUT2D eigenvalue weighted by Crippen LogP contribution is -2.25. The number of halogens is 2. The Balaban J connectivity index is 1.30. The summed E-state index contributed by atoms with van der Waals surface area (Å²) in [4.78, 5) is 0. The number of hydrogen-bond acceptors (Lipinski definition) is 1. The van der Waals surface area contributed by atoms with E-state index < -0.39 is 11.6 Å². The van der Waals surface area contributed by atoms with E-state index in [-0.39, 0.29) is 17.9 Å². The maximum atomic E-state index is 15.2. The highest BCUT2D eigenvalue weighted by Crippen LogP contribution is 2.43. The van der Waals surface area contributed by atoms with Crippen molar-refractivity contribution in [3.05, 3.63) is 46.5 Å². The smallest absolute Gasteiger partial charge is 0.162 e. The molecule has 1 heterocycles. The lowest BCUT2D eigenvalue weighted by molar-refractivity contribution is -0.00183. The molecule has 3 heteroatoms. The molecule has 4 rings (SSSR count). The first-order valence-corrected chi connectivity index (χ1v) is 14.4. The van der Waals surface area contributed by atoms with Gasteiger partial charge in [0, 0.05) is 5.92 Å². The summed E-state index contributed by atoms with van der Waals surface area (Å²) < 4.78 is 36.2. The van der Waals surface area contributed by atoms with E-state index in [0.717, 1.165) is 57.3 Å². The van der Waals surface area contributed by atoms with Gasteiger partial charge in [0.15, 0.2) is 11.6 Å². The third-order valence-electron chi connectivity index (χ3n) is 9.02. The summed E-state index contributed by atoms with van der Waals surface area (Å²) >= 11 is 0. The van der Waals surface area contributed by atoms with Crippen molar-refractivity contribution in [2.24, 2.45) is 11.8 Å². The van der Waals surface area contributed by atoms with Crippen LogP contribution in [0.1, 0.15) is 133 Å². The van der Waals surface area contributed by atoms with Crippen molar-refractivity contribution in [1.29, 1.82) is 0 Å². The van der Waals surface area contributed by atoms with E-state index >= 15 is 8.78 Å². The molecule has 2 fully saturated rings. The fraction of sp³-hybridized carbons (Fsp3) is 0.742. The standard InChI is InChI=1S/C31H46F2O/c1-3-5-6-8-22-9-11-23(12-10-22)24-13-15-25(16-14-24)28-19-20-29(31(33)30(28)32)26-17-18-27(7-4-2)34-21-26/h11,19-20,22,24-27H,3-10,12-18,21H2,1-2H3. The van der Waals surface area contributed by atoms with Crippen LogP contribution in [0.5, 0.6) is 0 Å². The fourth-order valence-electron chi connectivity index (χ4n) is 6.81. The maximum Gasteiger partial charge on any atom is 0.162 e. The molecule has 1 nitrogen and oxygen atoms in total. The molecular weight excluding hydrogens is 426 g/mol. The zero-order valence-electron chi connectivity index (χ0n) is 21.6. The van der Waals surface area contributed by atoms with Gasteiger partial charge < -0.3 is 4.74 Å². The first-order valence-electron chi connectivity index (χ1n) is 14.4. The van der Waals surface area contributed by atoms with E-state index in [2.05, 4.69) is 19.9 Å². The van der Waals surface area contributed by atoms with Gasteiger partial charge in [-0.05, 0) is 93.1 Å². The molecule has 3 atom stereocenters. The van der Waals surface area contributed by atoms with Gasteiger partial charge in [-0.3, -0.25) is 0 Å². The molecule has 0 amide bonds. The summed E-state index contributed by atoms with van der Waals surface area (Å²) in [5.74, 6) is 0.471. The summed E-state index contributed by atoms with van der Waals surface area (Å²) in [6.45, 7) is 4.95. The monoisotopic (exact) mass is 472 g/mol. The molecule has 0 aromatic heterocycles. The van der Waals surface area contributed by atoms with Gasteiger partial charge in [-0.2, -0.15) is 0 Å². The number of ether oxygens (including phenoxy) is 1. The van der Waals surface area contributed by atoms with Gasteiger partial charge in [-0.1, -0.05) is 69.7 Å². The van der Waals surface area contributed by atoms with Crippen molar-refractivity contribution in [3.63, 3.8) is 0 Å². The van der Waals surface area contributed by atoms with Crippen molar-refractivity contribution in [3.8, 4) is 0 Å². The Kier molecular flexibility index (Phi) is 9.62. The molecule has 3 aliphatic rings. The number of hydrogen-bond donors (Lipinski definition) is 0. The van der Waals surface area contributed by atoms with E-state index in [1.807, 2.05) is 12.1 Å². The van der Waals surface area contributed by atoms with Crippen LogP contribution in [0.2, 0.25) is 0 Å². The van der Waals surface area contributed by atoms with E-state index in [4.69, 9.17) is 4.74 Å². The molecule has 190 valence electrons. The van der Waals surface area contributed by atoms with Gasteiger partial charge in [0.1, 0.15) is 0 Å². The van der Waals surface area contributed by atoms with Gasteiger partial charge in [0.25, 0.3) is 0 Å². The average Bonchev–Trinajstić information content (AvgIpc) is 2.87. The molecule has 34 heavy (non-hydrogen) atoms. The Morgan fingerprint density at radius 1 is 0.765 bits per heavy atom. The van der Waals surface area contributed by atoms with Crippen molar-refractivity contribution in [2.75, 3.05) is 6.61 Å². The van der Waals surface area contributed by atoms with E-state index in [9.17, 15) is 0 Å². The zero-order valence-corrected chi connectivity index (χ0v) is 21.6. The molecule has 1 saturated carbocycles. The molecule has 2 aliphatic carbocycles. The lowest BCUT2D eigenvalue weighted by Gasteiger charge is -2.33. The molecule has 0 bridgehead atoms. The summed E-state index contributed by atoms with van der Waals surface area (Å²) in [5.41, 5.74) is 2.78. The van der Waals surface area contributed by atoms with Crippen LogP contribution in [-0.4, -0.2) is 12.7 Å². The highest BCUT2D eigenvalue weighted by atomic mass is 19.2. The van der Waals surface area contributed by atoms with Gasteiger partial charge >= 0.3 is 0 Å². The maximum absolute atomic E-state index is 15.2. The topological polar surface area (TPSA) is 9.23 Å². The first-order chi connectivity index (χ1) is 16.6. The van der Waals surface area contributed by atoms with Crippen LogP contribution in [0, 0.1) is 23.5 Å². The normalized spacial score (nSPS) is 30.2. The van der Waals surface area contributed by atoms with Crippen molar-refractivity contribution in [2.45, 2.75) is 128 Å². The van der Waals surface area contributed by atoms with Gasteiger partial charge in [-0.25, -0.2) is 8.78 Å². The molecular formula is C31H46F2O. The minimum Gasteiger partial charge on any atom is -0.378 e. The summed E-state index contributed by atoms with van der Waals surface area (Å²) in [5, 5.41) is 0.